The highest BCUT2D eigenvalue weighted by Crippen LogP contribution is 2.22. The quantitative estimate of drug-likeness (QED) is 0.679. The van der Waals surface area contributed by atoms with Crippen molar-refractivity contribution in [2.45, 2.75) is 39.7 Å². The molecule has 1 heterocycles. The fourth-order valence-electron chi connectivity index (χ4n) is 2.93. The number of amides is 1. The van der Waals surface area contributed by atoms with Gasteiger partial charge in [0.05, 0.1) is 5.69 Å². The van der Waals surface area contributed by atoms with E-state index >= 15 is 0 Å². The molecule has 0 saturated heterocycles. The highest BCUT2D eigenvalue weighted by molar-refractivity contribution is 5.90. The zero-order chi connectivity index (χ0) is 20.5. The van der Waals surface area contributed by atoms with Gasteiger partial charge < -0.3 is 4.90 Å². The van der Waals surface area contributed by atoms with Gasteiger partial charge >= 0.3 is 0 Å². The second-order valence-corrected chi connectivity index (χ2v) is 7.98. The molecule has 0 saturated carbocycles. The maximum absolute atomic E-state index is 13.1. The van der Waals surface area contributed by atoms with Gasteiger partial charge in [-0.1, -0.05) is 45.0 Å². The second-order valence-electron chi connectivity index (χ2n) is 7.98. The van der Waals surface area contributed by atoms with Gasteiger partial charge in [-0.25, -0.2) is 14.1 Å². The van der Waals surface area contributed by atoms with Crippen molar-refractivity contribution in [2.75, 3.05) is 7.05 Å². The van der Waals surface area contributed by atoms with Crippen LogP contribution in [0, 0.1) is 12.7 Å². The highest BCUT2D eigenvalue weighted by Gasteiger charge is 2.20. The topological polar surface area (TPSA) is 51.0 Å². The standard InChI is InChI=1S/C22H25FN4O/c1-15-24-20(25-27(15)19-12-10-18(23)11-13-19)21(28)26(5)14-16-6-8-17(9-7-16)22(2,3)4/h6-13H,14H2,1-5H3. The van der Waals surface area contributed by atoms with Crippen LogP contribution in [0.3, 0.4) is 0 Å². The molecule has 1 aromatic heterocycles. The number of hydrogen-bond acceptors (Lipinski definition) is 3. The van der Waals surface area contributed by atoms with E-state index in [1.807, 2.05) is 12.1 Å². The first kappa shape index (κ1) is 19.7. The van der Waals surface area contributed by atoms with Crippen molar-refractivity contribution in [1.82, 2.24) is 19.7 Å². The zero-order valence-corrected chi connectivity index (χ0v) is 16.9. The van der Waals surface area contributed by atoms with Crippen molar-refractivity contribution >= 4 is 5.91 Å². The van der Waals surface area contributed by atoms with E-state index in [2.05, 4.69) is 43.0 Å². The van der Waals surface area contributed by atoms with E-state index in [0.29, 0.717) is 18.1 Å². The van der Waals surface area contributed by atoms with E-state index in [0.717, 1.165) is 5.56 Å². The smallest absolute Gasteiger partial charge is 0.293 e. The number of carbonyl (C=O) groups excluding carboxylic acids is 1. The molecule has 3 aromatic rings. The third-order valence-corrected chi connectivity index (χ3v) is 4.62. The summed E-state index contributed by atoms with van der Waals surface area (Å²) < 4.78 is 14.7. The molecule has 0 N–H and O–H groups in total. The lowest BCUT2D eigenvalue weighted by molar-refractivity contribution is 0.0773. The molecule has 0 fully saturated rings. The second kappa shape index (κ2) is 7.54. The number of rotatable bonds is 4. The predicted molar refractivity (Wildman–Crippen MR) is 107 cm³/mol. The summed E-state index contributed by atoms with van der Waals surface area (Å²) in [7, 11) is 1.73. The Labute approximate surface area is 164 Å². The fraction of sp³-hybridized carbons (Fsp3) is 0.318. The van der Waals surface area contributed by atoms with Crippen LogP contribution in [0.1, 0.15) is 48.3 Å². The van der Waals surface area contributed by atoms with Gasteiger partial charge in [-0.3, -0.25) is 4.79 Å². The van der Waals surface area contributed by atoms with E-state index in [9.17, 15) is 9.18 Å². The van der Waals surface area contributed by atoms with Crippen molar-refractivity contribution in [3.8, 4) is 5.69 Å². The van der Waals surface area contributed by atoms with E-state index in [4.69, 9.17) is 0 Å². The monoisotopic (exact) mass is 380 g/mol. The van der Waals surface area contributed by atoms with Crippen LogP contribution < -0.4 is 0 Å². The third kappa shape index (κ3) is 4.27. The fourth-order valence-corrected chi connectivity index (χ4v) is 2.93. The van der Waals surface area contributed by atoms with E-state index in [1.54, 1.807) is 35.7 Å². The molecule has 6 heteroatoms. The Hall–Kier alpha value is -3.02. The molecule has 0 aliphatic heterocycles. The van der Waals surface area contributed by atoms with Crippen molar-refractivity contribution in [1.29, 1.82) is 0 Å². The molecule has 1 amide bonds. The predicted octanol–water partition coefficient (Wildman–Crippen LogP) is 4.28. The Morgan fingerprint density at radius 2 is 1.68 bits per heavy atom. The molecule has 28 heavy (non-hydrogen) atoms. The van der Waals surface area contributed by atoms with Crippen LogP contribution in [-0.4, -0.2) is 32.6 Å². The summed E-state index contributed by atoms with van der Waals surface area (Å²) in [5, 5.41) is 4.31. The summed E-state index contributed by atoms with van der Waals surface area (Å²) in [5.74, 6) is 0.104. The largest absolute Gasteiger partial charge is 0.335 e. The molecule has 0 aliphatic rings. The van der Waals surface area contributed by atoms with Crippen LogP contribution in [0.25, 0.3) is 5.69 Å². The molecule has 2 aromatic carbocycles. The minimum absolute atomic E-state index is 0.0921. The SMILES string of the molecule is Cc1nc(C(=O)N(C)Cc2ccc(C(C)(C)C)cc2)nn1-c1ccc(F)cc1. The minimum Gasteiger partial charge on any atom is -0.335 e. The van der Waals surface area contributed by atoms with E-state index < -0.39 is 0 Å². The Morgan fingerprint density at radius 3 is 2.25 bits per heavy atom. The summed E-state index contributed by atoms with van der Waals surface area (Å²) in [5.41, 5.74) is 3.04. The number of aromatic nitrogens is 3. The van der Waals surface area contributed by atoms with Gasteiger partial charge in [0.1, 0.15) is 11.6 Å². The minimum atomic E-state index is -0.324. The van der Waals surface area contributed by atoms with Crippen molar-refractivity contribution in [3.05, 3.63) is 77.1 Å². The third-order valence-electron chi connectivity index (χ3n) is 4.62. The number of benzene rings is 2. The van der Waals surface area contributed by atoms with Gasteiger partial charge in [0.25, 0.3) is 5.91 Å². The van der Waals surface area contributed by atoms with Gasteiger partial charge in [-0.05, 0) is 47.7 Å². The first-order chi connectivity index (χ1) is 13.1. The maximum atomic E-state index is 13.1. The van der Waals surface area contributed by atoms with Crippen molar-refractivity contribution in [3.63, 3.8) is 0 Å². The summed E-state index contributed by atoms with van der Waals surface area (Å²) >= 11 is 0. The van der Waals surface area contributed by atoms with E-state index in [1.165, 1.54) is 17.7 Å². The number of carbonyl (C=O) groups is 1. The number of halogens is 1. The highest BCUT2D eigenvalue weighted by atomic mass is 19.1. The average Bonchev–Trinajstić information content (AvgIpc) is 3.03. The van der Waals surface area contributed by atoms with Crippen LogP contribution in [0.4, 0.5) is 4.39 Å². The first-order valence-electron chi connectivity index (χ1n) is 9.19. The molecule has 0 radical (unpaired) electrons. The van der Waals surface area contributed by atoms with Gasteiger partial charge in [0.15, 0.2) is 0 Å². The normalized spacial score (nSPS) is 11.5. The molecule has 0 unspecified atom stereocenters. The van der Waals surface area contributed by atoms with Crippen LogP contribution >= 0.6 is 0 Å². The average molecular weight is 380 g/mol. The van der Waals surface area contributed by atoms with Gasteiger partial charge in [-0.15, -0.1) is 5.10 Å². The summed E-state index contributed by atoms with van der Waals surface area (Å²) in [4.78, 5) is 18.6. The number of nitrogens with zero attached hydrogens (tertiary/aromatic N) is 4. The lowest BCUT2D eigenvalue weighted by atomic mass is 9.87. The molecular formula is C22H25FN4O. The van der Waals surface area contributed by atoms with Gasteiger partial charge in [0, 0.05) is 13.6 Å². The summed E-state index contributed by atoms with van der Waals surface area (Å²) in [6.07, 6.45) is 0. The lowest BCUT2D eigenvalue weighted by Gasteiger charge is -2.20. The van der Waals surface area contributed by atoms with Gasteiger partial charge in [0.2, 0.25) is 5.82 Å². The van der Waals surface area contributed by atoms with Crippen LogP contribution in [0.2, 0.25) is 0 Å². The number of hydrogen-bond donors (Lipinski definition) is 0. The lowest BCUT2D eigenvalue weighted by Crippen LogP contribution is -2.27. The Morgan fingerprint density at radius 1 is 1.07 bits per heavy atom. The maximum Gasteiger partial charge on any atom is 0.293 e. The van der Waals surface area contributed by atoms with E-state index in [-0.39, 0.29) is 23.0 Å². The number of aryl methyl sites for hydroxylation is 1. The summed E-state index contributed by atoms with van der Waals surface area (Å²) in [6, 6.07) is 14.2. The Bertz CT molecular complexity index is 969. The molecule has 3 rings (SSSR count). The first-order valence-corrected chi connectivity index (χ1v) is 9.19. The Balaban J connectivity index is 1.75. The molecule has 5 nitrogen and oxygen atoms in total. The van der Waals surface area contributed by atoms with Crippen molar-refractivity contribution < 1.29 is 9.18 Å². The molecule has 0 bridgehead atoms. The van der Waals surface area contributed by atoms with Gasteiger partial charge in [-0.2, -0.15) is 0 Å². The molecule has 146 valence electrons. The Kier molecular flexibility index (Phi) is 5.31. The molecule has 0 aliphatic carbocycles. The van der Waals surface area contributed by atoms with Crippen LogP contribution in [-0.2, 0) is 12.0 Å². The zero-order valence-electron chi connectivity index (χ0n) is 16.9. The van der Waals surface area contributed by atoms with Crippen molar-refractivity contribution in [2.24, 2.45) is 0 Å². The molecule has 0 spiro atoms. The molecule has 0 atom stereocenters. The molecular weight excluding hydrogens is 355 g/mol. The summed E-state index contributed by atoms with van der Waals surface area (Å²) in [6.45, 7) is 8.74. The van der Waals surface area contributed by atoms with Crippen LogP contribution in [0.15, 0.2) is 48.5 Å². The van der Waals surface area contributed by atoms with Crippen LogP contribution in [0.5, 0.6) is 0 Å².